The number of carboxylic acids is 1. The minimum Gasteiger partial charge on any atom is -0.479 e. The minimum absolute atomic E-state index is 0.369. The number of ether oxygens (including phenoxy) is 1. The minimum atomic E-state index is -1.59. The number of aliphatic carboxylic acids is 1. The van der Waals surface area contributed by atoms with Gasteiger partial charge in [-0.15, -0.1) is 0 Å². The fraction of sp³-hybridized carbons (Fsp3) is 0.462. The SMILES string of the molecule is CC(C)(C)OC(=O)N[C@@](C)(C(=O)O)c1cccnc1. The molecule has 0 aliphatic rings. The van der Waals surface area contributed by atoms with E-state index in [1.807, 2.05) is 0 Å². The van der Waals surface area contributed by atoms with Crippen LogP contribution in [0.5, 0.6) is 0 Å². The number of carboxylic acid groups (broad SMARTS) is 1. The number of rotatable bonds is 3. The highest BCUT2D eigenvalue weighted by Gasteiger charge is 2.38. The van der Waals surface area contributed by atoms with Crippen molar-refractivity contribution in [1.29, 1.82) is 0 Å². The highest BCUT2D eigenvalue weighted by atomic mass is 16.6. The van der Waals surface area contributed by atoms with Crippen LogP contribution in [0.25, 0.3) is 0 Å². The van der Waals surface area contributed by atoms with E-state index in [-0.39, 0.29) is 0 Å². The lowest BCUT2D eigenvalue weighted by molar-refractivity contribution is -0.144. The molecule has 1 rings (SSSR count). The third-order valence-electron chi connectivity index (χ3n) is 2.42. The molecule has 2 N–H and O–H groups in total. The Morgan fingerprint density at radius 2 is 1.95 bits per heavy atom. The van der Waals surface area contributed by atoms with E-state index in [1.165, 1.54) is 19.3 Å². The molecule has 6 heteroatoms. The summed E-state index contributed by atoms with van der Waals surface area (Å²) in [5.41, 5.74) is -1.91. The summed E-state index contributed by atoms with van der Waals surface area (Å²) in [5, 5.41) is 11.7. The normalized spacial score (nSPS) is 14.3. The molecule has 1 atom stereocenters. The Hall–Kier alpha value is -2.11. The molecule has 104 valence electrons. The van der Waals surface area contributed by atoms with Crippen molar-refractivity contribution in [2.75, 3.05) is 0 Å². The molecule has 0 unspecified atom stereocenters. The monoisotopic (exact) mass is 266 g/mol. The Morgan fingerprint density at radius 1 is 1.32 bits per heavy atom. The van der Waals surface area contributed by atoms with E-state index in [0.717, 1.165) is 0 Å². The van der Waals surface area contributed by atoms with E-state index in [2.05, 4.69) is 10.3 Å². The van der Waals surface area contributed by atoms with Gasteiger partial charge in [0.05, 0.1) is 0 Å². The van der Waals surface area contributed by atoms with Gasteiger partial charge in [-0.25, -0.2) is 9.59 Å². The van der Waals surface area contributed by atoms with Gasteiger partial charge in [0.15, 0.2) is 5.54 Å². The van der Waals surface area contributed by atoms with E-state index < -0.39 is 23.2 Å². The standard InChI is InChI=1S/C13H18N2O4/c1-12(2,3)19-11(18)15-13(4,10(16)17)9-6-5-7-14-8-9/h5-8H,1-4H3,(H,15,18)(H,16,17)/t13-/m1/s1. The molecular weight excluding hydrogens is 248 g/mol. The van der Waals surface area contributed by atoms with E-state index in [9.17, 15) is 14.7 Å². The quantitative estimate of drug-likeness (QED) is 0.872. The van der Waals surface area contributed by atoms with E-state index in [1.54, 1.807) is 32.9 Å². The third-order valence-corrected chi connectivity index (χ3v) is 2.42. The van der Waals surface area contributed by atoms with Gasteiger partial charge in [0.2, 0.25) is 0 Å². The lowest BCUT2D eigenvalue weighted by Crippen LogP contribution is -2.51. The molecule has 19 heavy (non-hydrogen) atoms. The summed E-state index contributed by atoms with van der Waals surface area (Å²) in [6, 6.07) is 3.19. The van der Waals surface area contributed by atoms with Crippen molar-refractivity contribution in [2.45, 2.75) is 38.8 Å². The molecular formula is C13H18N2O4. The second-order valence-electron chi connectivity index (χ2n) is 5.30. The van der Waals surface area contributed by atoms with Crippen molar-refractivity contribution in [2.24, 2.45) is 0 Å². The van der Waals surface area contributed by atoms with Crippen LogP contribution in [0.2, 0.25) is 0 Å². The lowest BCUT2D eigenvalue weighted by atomic mass is 9.94. The van der Waals surface area contributed by atoms with Crippen LogP contribution in [0.4, 0.5) is 4.79 Å². The summed E-state index contributed by atoms with van der Waals surface area (Å²) < 4.78 is 5.07. The Morgan fingerprint density at radius 3 is 2.37 bits per heavy atom. The zero-order valence-corrected chi connectivity index (χ0v) is 11.4. The van der Waals surface area contributed by atoms with Crippen molar-refractivity contribution in [3.63, 3.8) is 0 Å². The van der Waals surface area contributed by atoms with Gasteiger partial charge in [0.1, 0.15) is 5.60 Å². The van der Waals surface area contributed by atoms with Gasteiger partial charge in [0.25, 0.3) is 0 Å². The second-order valence-corrected chi connectivity index (χ2v) is 5.30. The summed E-state index contributed by atoms with van der Waals surface area (Å²) in [7, 11) is 0. The van der Waals surface area contributed by atoms with Crippen molar-refractivity contribution < 1.29 is 19.4 Å². The van der Waals surface area contributed by atoms with Gasteiger partial charge in [-0.2, -0.15) is 0 Å². The van der Waals surface area contributed by atoms with Crippen LogP contribution in [0.1, 0.15) is 33.3 Å². The number of hydrogen-bond donors (Lipinski definition) is 2. The molecule has 0 spiro atoms. The molecule has 0 fully saturated rings. The Labute approximate surface area is 111 Å². The first kappa shape index (κ1) is 14.9. The molecule has 0 radical (unpaired) electrons. The molecule has 0 saturated heterocycles. The molecule has 0 aromatic carbocycles. The number of nitrogens with one attached hydrogen (secondary N) is 1. The Bertz CT molecular complexity index is 467. The molecule has 0 aliphatic carbocycles. The van der Waals surface area contributed by atoms with E-state index in [0.29, 0.717) is 5.56 Å². The van der Waals surface area contributed by atoms with E-state index >= 15 is 0 Å². The average Bonchev–Trinajstić information content (AvgIpc) is 2.27. The fourth-order valence-corrected chi connectivity index (χ4v) is 1.42. The van der Waals surface area contributed by atoms with Gasteiger partial charge in [0, 0.05) is 18.0 Å². The first-order valence-corrected chi connectivity index (χ1v) is 5.80. The molecule has 1 heterocycles. The topological polar surface area (TPSA) is 88.5 Å². The van der Waals surface area contributed by atoms with Crippen LogP contribution in [-0.2, 0) is 15.1 Å². The lowest BCUT2D eigenvalue weighted by Gasteiger charge is -2.28. The third kappa shape index (κ3) is 3.94. The first-order valence-electron chi connectivity index (χ1n) is 5.80. The summed E-state index contributed by atoms with van der Waals surface area (Å²) in [6.45, 7) is 6.49. The number of pyridine rings is 1. The molecule has 1 aromatic rings. The number of aromatic nitrogens is 1. The Kier molecular flexibility index (Phi) is 4.14. The molecule has 0 bridgehead atoms. The maximum Gasteiger partial charge on any atom is 0.408 e. The van der Waals surface area contributed by atoms with Crippen molar-refractivity contribution in [3.05, 3.63) is 30.1 Å². The molecule has 1 aromatic heterocycles. The summed E-state index contributed by atoms with van der Waals surface area (Å²) in [4.78, 5) is 27.0. The summed E-state index contributed by atoms with van der Waals surface area (Å²) in [6.07, 6.45) is 2.13. The maximum atomic E-state index is 11.7. The summed E-state index contributed by atoms with van der Waals surface area (Å²) in [5.74, 6) is -1.19. The molecule has 0 aliphatic heterocycles. The van der Waals surface area contributed by atoms with Gasteiger partial charge in [-0.05, 0) is 33.8 Å². The van der Waals surface area contributed by atoms with Crippen LogP contribution < -0.4 is 5.32 Å². The molecule has 1 amide bonds. The van der Waals surface area contributed by atoms with E-state index in [4.69, 9.17) is 4.74 Å². The highest BCUT2D eigenvalue weighted by Crippen LogP contribution is 2.21. The highest BCUT2D eigenvalue weighted by molar-refractivity contribution is 5.85. The smallest absolute Gasteiger partial charge is 0.408 e. The summed E-state index contributed by atoms with van der Waals surface area (Å²) >= 11 is 0. The van der Waals surface area contributed by atoms with Crippen molar-refractivity contribution in [3.8, 4) is 0 Å². The number of alkyl carbamates (subject to hydrolysis) is 1. The van der Waals surface area contributed by atoms with Crippen molar-refractivity contribution >= 4 is 12.1 Å². The van der Waals surface area contributed by atoms with Crippen LogP contribution in [0.15, 0.2) is 24.5 Å². The zero-order chi connectivity index (χ0) is 14.7. The van der Waals surface area contributed by atoms with Crippen LogP contribution in [-0.4, -0.2) is 27.8 Å². The van der Waals surface area contributed by atoms with Gasteiger partial charge < -0.3 is 15.2 Å². The van der Waals surface area contributed by atoms with Crippen LogP contribution in [0.3, 0.4) is 0 Å². The average molecular weight is 266 g/mol. The van der Waals surface area contributed by atoms with Crippen molar-refractivity contribution in [1.82, 2.24) is 10.3 Å². The number of amides is 1. The number of carbonyl (C=O) groups excluding carboxylic acids is 1. The number of nitrogens with zero attached hydrogens (tertiary/aromatic N) is 1. The van der Waals surface area contributed by atoms with Crippen LogP contribution in [0, 0.1) is 0 Å². The predicted octanol–water partition coefficient (Wildman–Crippen LogP) is 1.91. The maximum absolute atomic E-state index is 11.7. The molecule has 0 saturated carbocycles. The van der Waals surface area contributed by atoms with Gasteiger partial charge in [-0.3, -0.25) is 4.98 Å². The van der Waals surface area contributed by atoms with Gasteiger partial charge in [-0.1, -0.05) is 6.07 Å². The second kappa shape index (κ2) is 5.26. The fourth-order valence-electron chi connectivity index (χ4n) is 1.42. The van der Waals surface area contributed by atoms with Crippen LogP contribution >= 0.6 is 0 Å². The first-order chi connectivity index (χ1) is 8.65. The largest absolute Gasteiger partial charge is 0.479 e. The molecule has 6 nitrogen and oxygen atoms in total. The number of carbonyl (C=O) groups is 2. The van der Waals surface area contributed by atoms with Gasteiger partial charge >= 0.3 is 12.1 Å². The zero-order valence-electron chi connectivity index (χ0n) is 11.4. The predicted molar refractivity (Wildman–Crippen MR) is 68.6 cm³/mol. The number of hydrogen-bond acceptors (Lipinski definition) is 4. The Balaban J connectivity index is 2.97.